The summed E-state index contributed by atoms with van der Waals surface area (Å²) in [6.45, 7) is 1.89. The molecule has 0 spiro atoms. The Morgan fingerprint density at radius 2 is 2.00 bits per heavy atom. The van der Waals surface area contributed by atoms with Gasteiger partial charge in [-0.3, -0.25) is 10.1 Å². The molecule has 3 aromatic rings. The van der Waals surface area contributed by atoms with Crippen molar-refractivity contribution in [2.45, 2.75) is 6.92 Å². The summed E-state index contributed by atoms with van der Waals surface area (Å²) in [5.41, 5.74) is 2.62. The van der Waals surface area contributed by atoms with Crippen LogP contribution in [0, 0.1) is 17.0 Å². The predicted molar refractivity (Wildman–Crippen MR) is 91.1 cm³/mol. The number of hydrogen-bond donors (Lipinski definition) is 1. The van der Waals surface area contributed by atoms with Gasteiger partial charge in [0.1, 0.15) is 10.8 Å². The molecule has 23 heavy (non-hydrogen) atoms. The van der Waals surface area contributed by atoms with E-state index in [4.69, 9.17) is 11.6 Å². The van der Waals surface area contributed by atoms with Gasteiger partial charge in [-0.05, 0) is 30.7 Å². The second-order valence-electron chi connectivity index (χ2n) is 4.98. The fraction of sp³-hybridized carbons (Fsp3) is 0.0625. The fourth-order valence-corrected chi connectivity index (χ4v) is 3.28. The van der Waals surface area contributed by atoms with Gasteiger partial charge in [0.15, 0.2) is 0 Å². The van der Waals surface area contributed by atoms with E-state index in [1.807, 2.05) is 13.0 Å². The number of benzene rings is 2. The first-order valence-corrected chi connectivity index (χ1v) is 7.91. The molecule has 1 N–H and O–H groups in total. The quantitative estimate of drug-likeness (QED) is 0.531. The van der Waals surface area contributed by atoms with Crippen LogP contribution in [0.3, 0.4) is 0 Å². The molecule has 0 fully saturated rings. The van der Waals surface area contributed by atoms with Crippen LogP contribution in [-0.4, -0.2) is 15.0 Å². The van der Waals surface area contributed by atoms with E-state index in [-0.39, 0.29) is 11.4 Å². The number of phenolic OH excluding ortho intramolecular Hbond substituents is 1. The Morgan fingerprint density at radius 3 is 2.70 bits per heavy atom. The van der Waals surface area contributed by atoms with Crippen molar-refractivity contribution in [1.29, 1.82) is 0 Å². The van der Waals surface area contributed by atoms with Crippen LogP contribution in [0.1, 0.15) is 5.56 Å². The molecule has 0 aliphatic carbocycles. The number of nitro groups is 1. The van der Waals surface area contributed by atoms with Crippen molar-refractivity contribution in [3.63, 3.8) is 0 Å². The molecule has 0 bridgehead atoms. The van der Waals surface area contributed by atoms with Gasteiger partial charge in [-0.2, -0.15) is 0 Å². The molecule has 1 aromatic heterocycles. The molecule has 0 amide bonds. The van der Waals surface area contributed by atoms with E-state index in [0.29, 0.717) is 26.9 Å². The van der Waals surface area contributed by atoms with Gasteiger partial charge < -0.3 is 5.11 Å². The minimum atomic E-state index is -0.472. The summed E-state index contributed by atoms with van der Waals surface area (Å²) in [6, 6.07) is 9.58. The number of halogens is 1. The maximum atomic E-state index is 10.9. The highest BCUT2D eigenvalue weighted by atomic mass is 35.5. The molecule has 2 aromatic carbocycles. The van der Waals surface area contributed by atoms with E-state index >= 15 is 0 Å². The highest BCUT2D eigenvalue weighted by Gasteiger charge is 2.15. The first-order chi connectivity index (χ1) is 11.0. The van der Waals surface area contributed by atoms with Gasteiger partial charge in [-0.15, -0.1) is 11.3 Å². The molecule has 1 heterocycles. The van der Waals surface area contributed by atoms with Crippen LogP contribution in [0.25, 0.3) is 21.8 Å². The summed E-state index contributed by atoms with van der Waals surface area (Å²) in [5, 5.41) is 23.7. The van der Waals surface area contributed by atoms with Crippen LogP contribution in [-0.2, 0) is 0 Å². The molecule has 0 radical (unpaired) electrons. The number of rotatable bonds is 3. The van der Waals surface area contributed by atoms with Gasteiger partial charge in [0.25, 0.3) is 5.69 Å². The number of thiazole rings is 1. The number of phenols is 1. The summed E-state index contributed by atoms with van der Waals surface area (Å²) < 4.78 is 0. The first-order valence-electron chi connectivity index (χ1n) is 6.65. The van der Waals surface area contributed by atoms with Gasteiger partial charge in [-0.1, -0.05) is 17.7 Å². The molecule has 3 rings (SSSR count). The summed E-state index contributed by atoms with van der Waals surface area (Å²) >= 11 is 7.45. The zero-order valence-electron chi connectivity index (χ0n) is 12.0. The van der Waals surface area contributed by atoms with Crippen molar-refractivity contribution >= 4 is 28.6 Å². The van der Waals surface area contributed by atoms with Crippen LogP contribution < -0.4 is 0 Å². The Morgan fingerprint density at radius 1 is 1.22 bits per heavy atom. The third-order valence-corrected chi connectivity index (χ3v) is 4.53. The molecule has 0 aliphatic rings. The van der Waals surface area contributed by atoms with E-state index in [2.05, 4.69) is 4.98 Å². The van der Waals surface area contributed by atoms with Crippen LogP contribution >= 0.6 is 22.9 Å². The summed E-state index contributed by atoms with van der Waals surface area (Å²) in [6.07, 6.45) is 0. The van der Waals surface area contributed by atoms with Crippen LogP contribution in [0.2, 0.25) is 5.02 Å². The molecule has 7 heteroatoms. The standard InChI is InChI=1S/C16H11ClN2O3S/c1-9-2-4-11(15(20)6-9)14-8-23-16(18-14)12-7-10(19(21)22)3-5-13(12)17/h2-8,20H,1H3. The number of nitrogens with zero attached hydrogens (tertiary/aromatic N) is 2. The monoisotopic (exact) mass is 346 g/mol. The molecule has 0 atom stereocenters. The second kappa shape index (κ2) is 5.98. The van der Waals surface area contributed by atoms with Crippen molar-refractivity contribution in [2.75, 3.05) is 0 Å². The number of aromatic hydroxyl groups is 1. The highest BCUT2D eigenvalue weighted by molar-refractivity contribution is 7.13. The van der Waals surface area contributed by atoms with E-state index in [1.54, 1.807) is 17.5 Å². The Bertz CT molecular complexity index is 908. The maximum Gasteiger partial charge on any atom is 0.270 e. The van der Waals surface area contributed by atoms with Crippen molar-refractivity contribution < 1.29 is 10.0 Å². The second-order valence-corrected chi connectivity index (χ2v) is 6.25. The minimum absolute atomic E-state index is 0.0423. The lowest BCUT2D eigenvalue weighted by Crippen LogP contribution is -1.89. The number of aryl methyl sites for hydroxylation is 1. The predicted octanol–water partition coefficient (Wildman–Crippen LogP) is 5.05. The molecular weight excluding hydrogens is 336 g/mol. The Hall–Kier alpha value is -2.44. The molecule has 0 unspecified atom stereocenters. The van der Waals surface area contributed by atoms with Gasteiger partial charge in [0.2, 0.25) is 0 Å². The SMILES string of the molecule is Cc1ccc(-c2csc(-c3cc([N+](=O)[O-])ccc3Cl)n2)c(O)c1. The highest BCUT2D eigenvalue weighted by Crippen LogP contribution is 2.37. The van der Waals surface area contributed by atoms with E-state index in [0.717, 1.165) is 5.56 Å². The lowest BCUT2D eigenvalue weighted by Gasteiger charge is -2.03. The Kier molecular flexibility index (Phi) is 4.02. The van der Waals surface area contributed by atoms with E-state index in [9.17, 15) is 15.2 Å². The normalized spacial score (nSPS) is 10.7. The zero-order chi connectivity index (χ0) is 16.6. The largest absolute Gasteiger partial charge is 0.507 e. The van der Waals surface area contributed by atoms with Gasteiger partial charge in [-0.25, -0.2) is 4.98 Å². The molecule has 0 aliphatic heterocycles. The average molecular weight is 347 g/mol. The average Bonchev–Trinajstić information content (AvgIpc) is 2.96. The number of hydrogen-bond acceptors (Lipinski definition) is 5. The maximum absolute atomic E-state index is 10.9. The lowest BCUT2D eigenvalue weighted by atomic mass is 10.1. The fourth-order valence-electron chi connectivity index (χ4n) is 2.17. The summed E-state index contributed by atoms with van der Waals surface area (Å²) in [5.74, 6) is 0.145. The third kappa shape index (κ3) is 3.04. The Labute approximate surface area is 141 Å². The molecule has 0 saturated carbocycles. The van der Waals surface area contributed by atoms with Crippen LogP contribution in [0.5, 0.6) is 5.75 Å². The van der Waals surface area contributed by atoms with Crippen molar-refractivity contribution in [2.24, 2.45) is 0 Å². The minimum Gasteiger partial charge on any atom is -0.507 e. The van der Waals surface area contributed by atoms with Crippen molar-refractivity contribution in [3.05, 3.63) is 62.5 Å². The van der Waals surface area contributed by atoms with Gasteiger partial charge >= 0.3 is 0 Å². The Balaban J connectivity index is 2.05. The lowest BCUT2D eigenvalue weighted by molar-refractivity contribution is -0.384. The molecule has 5 nitrogen and oxygen atoms in total. The molecule has 116 valence electrons. The third-order valence-electron chi connectivity index (χ3n) is 3.32. The number of nitro benzene ring substituents is 1. The van der Waals surface area contributed by atoms with Crippen molar-refractivity contribution in [1.82, 2.24) is 4.98 Å². The van der Waals surface area contributed by atoms with Crippen molar-refractivity contribution in [3.8, 4) is 27.6 Å². The molecule has 0 saturated heterocycles. The zero-order valence-corrected chi connectivity index (χ0v) is 13.6. The summed E-state index contributed by atoms with van der Waals surface area (Å²) in [4.78, 5) is 14.9. The summed E-state index contributed by atoms with van der Waals surface area (Å²) in [7, 11) is 0. The number of non-ortho nitro benzene ring substituents is 1. The van der Waals surface area contributed by atoms with Gasteiger partial charge in [0, 0.05) is 28.6 Å². The molecular formula is C16H11ClN2O3S. The van der Waals surface area contributed by atoms with E-state index in [1.165, 1.54) is 29.5 Å². The topological polar surface area (TPSA) is 76.3 Å². The number of aromatic nitrogens is 1. The van der Waals surface area contributed by atoms with E-state index < -0.39 is 4.92 Å². The van der Waals surface area contributed by atoms with Crippen LogP contribution in [0.15, 0.2) is 41.8 Å². The van der Waals surface area contributed by atoms with Gasteiger partial charge in [0.05, 0.1) is 15.6 Å². The smallest absolute Gasteiger partial charge is 0.270 e. The first kappa shape index (κ1) is 15.5. The van der Waals surface area contributed by atoms with Crippen LogP contribution in [0.4, 0.5) is 5.69 Å².